The molecule has 0 bridgehead atoms. The van der Waals surface area contributed by atoms with Gasteiger partial charge in [0.2, 0.25) is 0 Å². The van der Waals surface area contributed by atoms with Gasteiger partial charge in [0.05, 0.1) is 34.5 Å². The van der Waals surface area contributed by atoms with Crippen LogP contribution in [0, 0.1) is 18.6 Å². The van der Waals surface area contributed by atoms with Gasteiger partial charge in [-0.15, -0.1) is 0 Å². The molecule has 6 aromatic rings. The highest BCUT2D eigenvalue weighted by Crippen LogP contribution is 2.35. The molecule has 2 atom stereocenters. The number of fused-ring (bicyclic) bond motifs is 2. The topological polar surface area (TPSA) is 50.5 Å². The summed E-state index contributed by atoms with van der Waals surface area (Å²) in [5.41, 5.74) is 9.14. The lowest BCUT2D eigenvalue weighted by Crippen LogP contribution is -2.33. The van der Waals surface area contributed by atoms with Crippen LogP contribution in [0.25, 0.3) is 39.1 Å². The minimum atomic E-state index is -0.450. The van der Waals surface area contributed by atoms with Crippen LogP contribution in [0.1, 0.15) is 22.3 Å². The third kappa shape index (κ3) is 5.38. The highest BCUT2D eigenvalue weighted by molar-refractivity contribution is 6.54. The van der Waals surface area contributed by atoms with Crippen molar-refractivity contribution in [3.05, 3.63) is 173 Å². The van der Waals surface area contributed by atoms with Crippen molar-refractivity contribution in [3.63, 3.8) is 0 Å². The molecule has 226 valence electrons. The fraction of sp³-hybridized carbons (Fsp3) is 0.0732. The Hall–Kier alpha value is -5.88. The van der Waals surface area contributed by atoms with Crippen LogP contribution in [0.5, 0.6) is 0 Å². The first-order valence-corrected chi connectivity index (χ1v) is 15.5. The molecule has 5 aromatic carbocycles. The van der Waals surface area contributed by atoms with E-state index in [1.165, 1.54) is 17.7 Å². The van der Waals surface area contributed by atoms with Gasteiger partial charge in [-0.2, -0.15) is 0 Å². The maximum absolute atomic E-state index is 15.1. The molecule has 1 aliphatic heterocycles. The number of aliphatic imine (C=N–C) groups is 2. The summed E-state index contributed by atoms with van der Waals surface area (Å²) in [5, 5.41) is 0. The van der Waals surface area contributed by atoms with Crippen LogP contribution in [0.2, 0.25) is 0 Å². The zero-order chi connectivity index (χ0) is 31.9. The molecule has 1 aromatic heterocycles. The summed E-state index contributed by atoms with van der Waals surface area (Å²) in [6, 6.07) is 36.8. The largest absolute Gasteiger partial charge is 0.272 e. The van der Waals surface area contributed by atoms with E-state index in [2.05, 4.69) is 61.5 Å². The quantitative estimate of drug-likeness (QED) is 0.194. The summed E-state index contributed by atoms with van der Waals surface area (Å²) < 4.78 is 30.1. The first-order chi connectivity index (χ1) is 23.0. The Morgan fingerprint density at radius 1 is 0.532 bits per heavy atom. The van der Waals surface area contributed by atoms with E-state index in [4.69, 9.17) is 20.0 Å². The number of rotatable bonds is 5. The summed E-state index contributed by atoms with van der Waals surface area (Å²) in [4.78, 5) is 20.2. The number of allylic oxidation sites excluding steroid dienone is 2. The Morgan fingerprint density at radius 3 is 1.74 bits per heavy atom. The molecule has 1 aliphatic carbocycles. The second-order valence-corrected chi connectivity index (χ2v) is 11.7. The van der Waals surface area contributed by atoms with Crippen molar-refractivity contribution in [2.45, 2.75) is 19.0 Å². The van der Waals surface area contributed by atoms with Crippen molar-refractivity contribution < 1.29 is 8.78 Å². The van der Waals surface area contributed by atoms with E-state index >= 15 is 4.39 Å². The minimum Gasteiger partial charge on any atom is -0.272 e. The molecule has 0 N–H and O–H groups in total. The van der Waals surface area contributed by atoms with Crippen molar-refractivity contribution in [3.8, 4) is 22.5 Å². The van der Waals surface area contributed by atoms with Crippen LogP contribution in [0.4, 0.5) is 8.78 Å². The highest BCUT2D eigenvalue weighted by Gasteiger charge is 2.29. The lowest BCUT2D eigenvalue weighted by atomic mass is 9.90. The molecular weight excluding hydrogens is 586 g/mol. The summed E-state index contributed by atoms with van der Waals surface area (Å²) in [7, 11) is 0. The van der Waals surface area contributed by atoms with Crippen molar-refractivity contribution in [2.75, 3.05) is 0 Å². The first-order valence-electron chi connectivity index (χ1n) is 15.5. The lowest BCUT2D eigenvalue weighted by molar-refractivity contribution is 0.628. The fourth-order valence-corrected chi connectivity index (χ4v) is 6.15. The molecule has 4 nitrogen and oxygen atoms in total. The van der Waals surface area contributed by atoms with Gasteiger partial charge in [0.25, 0.3) is 0 Å². The van der Waals surface area contributed by atoms with Gasteiger partial charge in [0, 0.05) is 22.3 Å². The molecule has 0 saturated carbocycles. The van der Waals surface area contributed by atoms with Crippen molar-refractivity contribution >= 4 is 28.0 Å². The van der Waals surface area contributed by atoms with Gasteiger partial charge in [-0.1, -0.05) is 103 Å². The lowest BCUT2D eigenvalue weighted by Gasteiger charge is -2.28. The van der Waals surface area contributed by atoms with Crippen molar-refractivity contribution in [1.82, 2.24) is 9.97 Å². The van der Waals surface area contributed by atoms with Gasteiger partial charge in [0.1, 0.15) is 23.0 Å². The Labute approximate surface area is 271 Å². The molecule has 0 saturated heterocycles. The van der Waals surface area contributed by atoms with E-state index in [1.807, 2.05) is 36.4 Å². The van der Waals surface area contributed by atoms with Crippen LogP contribution in [0.15, 0.2) is 150 Å². The molecular formula is C41H28F2N4. The van der Waals surface area contributed by atoms with E-state index in [0.717, 1.165) is 33.7 Å². The number of aryl methyl sites for hydroxylation is 1. The maximum atomic E-state index is 15.1. The van der Waals surface area contributed by atoms with Crippen LogP contribution < -0.4 is 0 Å². The van der Waals surface area contributed by atoms with Crippen LogP contribution in [0.3, 0.4) is 0 Å². The van der Waals surface area contributed by atoms with E-state index in [0.29, 0.717) is 16.7 Å². The number of aromatic nitrogens is 2. The van der Waals surface area contributed by atoms with Gasteiger partial charge in [-0.05, 0) is 60.5 Å². The monoisotopic (exact) mass is 614 g/mol. The highest BCUT2D eigenvalue weighted by atomic mass is 19.1. The second kappa shape index (κ2) is 11.8. The maximum Gasteiger partial charge on any atom is 0.132 e. The summed E-state index contributed by atoms with van der Waals surface area (Å²) in [6.07, 6.45) is 6.31. The standard InChI is InChI=1S/C41H28F2N4/c1-25-15-17-27(18-16-25)39-38(26-9-3-2-4-10-26)44-34-21-19-28(23-36(34)46-39)29-20-22-35-37(24-29)47-41(31-12-6-8-14-33(31)43)40(45-35)30-11-5-7-13-32(30)42/h2-24,34,36H,1H3. The Morgan fingerprint density at radius 2 is 1.09 bits per heavy atom. The number of hydrogen-bond acceptors (Lipinski definition) is 4. The van der Waals surface area contributed by atoms with Gasteiger partial charge in [-0.25, -0.2) is 18.7 Å². The number of nitrogens with zero attached hydrogens (tertiary/aromatic N) is 4. The third-order valence-corrected chi connectivity index (χ3v) is 8.58. The molecule has 8 rings (SSSR count). The smallest absolute Gasteiger partial charge is 0.132 e. The molecule has 0 radical (unpaired) electrons. The molecule has 2 aliphatic rings. The SMILES string of the molecule is Cc1ccc(C2=NC3C=C(c4ccc5nc(-c6ccccc6F)c(-c6ccccc6F)nc5c4)C=CC3N=C2c2ccccc2)cc1. The molecule has 2 unspecified atom stereocenters. The normalized spacial score (nSPS) is 17.1. The summed E-state index contributed by atoms with van der Waals surface area (Å²) in [6.45, 7) is 2.07. The van der Waals surface area contributed by atoms with E-state index in [-0.39, 0.29) is 28.9 Å². The Bertz CT molecular complexity index is 2290. The summed E-state index contributed by atoms with van der Waals surface area (Å²) >= 11 is 0. The Balaban J connectivity index is 1.22. The molecule has 0 fully saturated rings. The zero-order valence-corrected chi connectivity index (χ0v) is 25.5. The predicted molar refractivity (Wildman–Crippen MR) is 186 cm³/mol. The number of halogens is 2. The van der Waals surface area contributed by atoms with E-state index < -0.39 is 11.6 Å². The van der Waals surface area contributed by atoms with Crippen molar-refractivity contribution in [2.24, 2.45) is 9.98 Å². The molecule has 0 spiro atoms. The van der Waals surface area contributed by atoms with Gasteiger partial charge in [-0.3, -0.25) is 9.98 Å². The molecule has 6 heteroatoms. The first kappa shape index (κ1) is 28.6. The summed E-state index contributed by atoms with van der Waals surface area (Å²) in [5.74, 6) is -0.896. The molecule has 0 amide bonds. The molecule has 47 heavy (non-hydrogen) atoms. The van der Waals surface area contributed by atoms with Gasteiger partial charge < -0.3 is 0 Å². The minimum absolute atomic E-state index is 0.139. The molecule has 2 heterocycles. The number of benzene rings is 5. The predicted octanol–water partition coefficient (Wildman–Crippen LogP) is 9.23. The van der Waals surface area contributed by atoms with Gasteiger partial charge >= 0.3 is 0 Å². The Kier molecular flexibility index (Phi) is 7.18. The van der Waals surface area contributed by atoms with E-state index in [9.17, 15) is 4.39 Å². The second-order valence-electron chi connectivity index (χ2n) is 11.7. The average Bonchev–Trinajstić information content (AvgIpc) is 3.11. The van der Waals surface area contributed by atoms with Crippen molar-refractivity contribution in [1.29, 1.82) is 0 Å². The van der Waals surface area contributed by atoms with Crippen LogP contribution in [-0.2, 0) is 0 Å². The average molecular weight is 615 g/mol. The van der Waals surface area contributed by atoms with E-state index in [1.54, 1.807) is 36.4 Å². The third-order valence-electron chi connectivity index (χ3n) is 8.58. The zero-order valence-electron chi connectivity index (χ0n) is 25.5. The van der Waals surface area contributed by atoms with Crippen LogP contribution >= 0.6 is 0 Å². The number of hydrogen-bond donors (Lipinski definition) is 0. The van der Waals surface area contributed by atoms with Crippen LogP contribution in [-0.4, -0.2) is 33.5 Å². The fourth-order valence-electron chi connectivity index (χ4n) is 6.15. The van der Waals surface area contributed by atoms with Gasteiger partial charge in [0.15, 0.2) is 0 Å².